The highest BCUT2D eigenvalue weighted by Gasteiger charge is 2.14. The van der Waals surface area contributed by atoms with Gasteiger partial charge in [0.2, 0.25) is 0 Å². The molecule has 0 saturated heterocycles. The summed E-state index contributed by atoms with van der Waals surface area (Å²) >= 11 is 6.17. The molecule has 6 nitrogen and oxygen atoms in total. The first kappa shape index (κ1) is 18.9. The SMILES string of the molecule is Cc1cc2oc(=O)cc(COC(=O)c3ccccc3NCCO)c2cc1Cl. The van der Waals surface area contributed by atoms with Crippen LogP contribution in [-0.4, -0.2) is 24.2 Å². The third-order valence-corrected chi connectivity index (χ3v) is 4.45. The lowest BCUT2D eigenvalue weighted by Gasteiger charge is -2.12. The molecular formula is C20H18ClNO5. The van der Waals surface area contributed by atoms with Crippen LogP contribution in [0.1, 0.15) is 21.5 Å². The van der Waals surface area contributed by atoms with E-state index in [0.717, 1.165) is 5.56 Å². The van der Waals surface area contributed by atoms with Crippen molar-refractivity contribution in [2.45, 2.75) is 13.5 Å². The summed E-state index contributed by atoms with van der Waals surface area (Å²) in [6, 6.07) is 11.5. The number of esters is 1. The average molecular weight is 388 g/mol. The molecule has 0 radical (unpaired) electrons. The standard InChI is InChI=1S/C20H18ClNO5/c1-12-8-18-15(10-16(12)21)13(9-19(24)27-18)11-26-20(25)14-4-2-3-5-17(14)22-6-7-23/h2-5,8-10,22-23H,6-7,11H2,1H3. The van der Waals surface area contributed by atoms with E-state index in [2.05, 4.69) is 5.32 Å². The smallest absolute Gasteiger partial charge is 0.340 e. The second-order valence-corrected chi connectivity index (χ2v) is 6.37. The van der Waals surface area contributed by atoms with E-state index < -0.39 is 11.6 Å². The first-order chi connectivity index (χ1) is 13.0. The molecule has 0 saturated carbocycles. The van der Waals surface area contributed by atoms with Gasteiger partial charge in [-0.15, -0.1) is 0 Å². The number of carbonyl (C=O) groups is 1. The first-order valence-electron chi connectivity index (χ1n) is 8.33. The lowest BCUT2D eigenvalue weighted by Crippen LogP contribution is -2.13. The van der Waals surface area contributed by atoms with Gasteiger partial charge in [0.15, 0.2) is 0 Å². The van der Waals surface area contributed by atoms with Crippen molar-refractivity contribution in [1.82, 2.24) is 0 Å². The Bertz CT molecular complexity index is 1040. The van der Waals surface area contributed by atoms with E-state index in [1.165, 1.54) is 6.07 Å². The van der Waals surface area contributed by atoms with Gasteiger partial charge >= 0.3 is 11.6 Å². The Hall–Kier alpha value is -2.83. The molecule has 27 heavy (non-hydrogen) atoms. The van der Waals surface area contributed by atoms with Crippen LogP contribution in [0.5, 0.6) is 0 Å². The van der Waals surface area contributed by atoms with Gasteiger partial charge in [-0.3, -0.25) is 0 Å². The molecule has 3 aromatic rings. The summed E-state index contributed by atoms with van der Waals surface area (Å²) in [5.41, 5.74) is 2.06. The summed E-state index contributed by atoms with van der Waals surface area (Å²) in [6.45, 7) is 1.96. The zero-order valence-corrected chi connectivity index (χ0v) is 15.4. The predicted molar refractivity (Wildman–Crippen MR) is 103 cm³/mol. The number of aliphatic hydroxyl groups excluding tert-OH is 1. The van der Waals surface area contributed by atoms with Gasteiger partial charge in [-0.05, 0) is 36.8 Å². The third kappa shape index (κ3) is 4.30. The molecule has 0 aliphatic heterocycles. The molecule has 0 fully saturated rings. The zero-order valence-electron chi connectivity index (χ0n) is 14.6. The maximum atomic E-state index is 12.5. The number of benzene rings is 2. The van der Waals surface area contributed by atoms with Crippen molar-refractivity contribution in [2.24, 2.45) is 0 Å². The summed E-state index contributed by atoms with van der Waals surface area (Å²) < 4.78 is 10.6. The fourth-order valence-electron chi connectivity index (χ4n) is 2.69. The second-order valence-electron chi connectivity index (χ2n) is 5.96. The number of aryl methyl sites for hydroxylation is 1. The molecule has 0 aliphatic rings. The van der Waals surface area contributed by atoms with Gasteiger partial charge < -0.3 is 19.6 Å². The molecule has 2 N–H and O–H groups in total. The van der Waals surface area contributed by atoms with Crippen LogP contribution < -0.4 is 10.9 Å². The number of fused-ring (bicyclic) bond motifs is 1. The topological polar surface area (TPSA) is 88.8 Å². The molecule has 0 unspecified atom stereocenters. The number of hydrogen-bond acceptors (Lipinski definition) is 6. The molecule has 1 heterocycles. The van der Waals surface area contributed by atoms with Crippen molar-refractivity contribution < 1.29 is 19.1 Å². The normalized spacial score (nSPS) is 10.8. The molecule has 0 atom stereocenters. The third-order valence-electron chi connectivity index (χ3n) is 4.04. The molecule has 2 aromatic carbocycles. The number of anilines is 1. The van der Waals surface area contributed by atoms with Gasteiger partial charge in [0.05, 0.1) is 12.2 Å². The number of para-hydroxylation sites is 1. The Morgan fingerprint density at radius 2 is 2.04 bits per heavy atom. The lowest BCUT2D eigenvalue weighted by atomic mass is 10.1. The average Bonchev–Trinajstić information content (AvgIpc) is 2.65. The highest BCUT2D eigenvalue weighted by molar-refractivity contribution is 6.32. The maximum Gasteiger partial charge on any atom is 0.340 e. The quantitative estimate of drug-likeness (QED) is 0.497. The van der Waals surface area contributed by atoms with Gasteiger partial charge in [-0.25, -0.2) is 9.59 Å². The van der Waals surface area contributed by atoms with Crippen LogP contribution in [0.4, 0.5) is 5.69 Å². The monoisotopic (exact) mass is 387 g/mol. The Labute approximate surface area is 160 Å². The van der Waals surface area contributed by atoms with Crippen molar-refractivity contribution in [1.29, 1.82) is 0 Å². The summed E-state index contributed by atoms with van der Waals surface area (Å²) in [7, 11) is 0. The zero-order chi connectivity index (χ0) is 19.4. The molecule has 140 valence electrons. The molecule has 1 aromatic heterocycles. The summed E-state index contributed by atoms with van der Waals surface area (Å²) in [5, 5.41) is 13.1. The predicted octanol–water partition coefficient (Wildman–Crippen LogP) is 3.52. The largest absolute Gasteiger partial charge is 0.457 e. The summed E-state index contributed by atoms with van der Waals surface area (Å²) in [4.78, 5) is 24.3. The molecule has 3 rings (SSSR count). The van der Waals surface area contributed by atoms with Crippen LogP contribution in [0.2, 0.25) is 5.02 Å². The number of carbonyl (C=O) groups excluding carboxylic acids is 1. The van der Waals surface area contributed by atoms with Crippen LogP contribution in [0, 0.1) is 6.92 Å². The lowest BCUT2D eigenvalue weighted by molar-refractivity contribution is 0.0475. The second kappa shape index (κ2) is 8.24. The minimum Gasteiger partial charge on any atom is -0.457 e. The minimum absolute atomic E-state index is 0.0602. The van der Waals surface area contributed by atoms with E-state index in [1.54, 1.807) is 36.4 Å². The molecule has 0 amide bonds. The minimum atomic E-state index is -0.546. The fourth-order valence-corrected chi connectivity index (χ4v) is 2.86. The molecule has 0 bridgehead atoms. The van der Waals surface area contributed by atoms with Crippen LogP contribution in [0.15, 0.2) is 51.7 Å². The van der Waals surface area contributed by atoms with Gasteiger partial charge in [0, 0.05) is 34.3 Å². The van der Waals surface area contributed by atoms with E-state index in [4.69, 9.17) is 25.9 Å². The number of rotatable bonds is 6. The Kier molecular flexibility index (Phi) is 5.78. The van der Waals surface area contributed by atoms with Crippen molar-refractivity contribution in [2.75, 3.05) is 18.5 Å². The van der Waals surface area contributed by atoms with Gasteiger partial charge in [-0.2, -0.15) is 0 Å². The molecule has 7 heteroatoms. The fraction of sp³-hybridized carbons (Fsp3) is 0.200. The van der Waals surface area contributed by atoms with E-state index in [1.807, 2.05) is 6.92 Å². The van der Waals surface area contributed by atoms with E-state index in [-0.39, 0.29) is 13.2 Å². The highest BCUT2D eigenvalue weighted by atomic mass is 35.5. The van der Waals surface area contributed by atoms with Gasteiger partial charge in [0.25, 0.3) is 0 Å². The molecular weight excluding hydrogens is 370 g/mol. The maximum absolute atomic E-state index is 12.5. The number of halogens is 1. The summed E-state index contributed by atoms with van der Waals surface area (Å²) in [5.74, 6) is -0.546. The van der Waals surface area contributed by atoms with Crippen LogP contribution in [-0.2, 0) is 11.3 Å². The van der Waals surface area contributed by atoms with E-state index in [9.17, 15) is 9.59 Å². The van der Waals surface area contributed by atoms with Crippen LogP contribution >= 0.6 is 11.6 Å². The molecule has 0 aliphatic carbocycles. The van der Waals surface area contributed by atoms with Gasteiger partial charge in [-0.1, -0.05) is 23.7 Å². The summed E-state index contributed by atoms with van der Waals surface area (Å²) in [6.07, 6.45) is 0. The van der Waals surface area contributed by atoms with Crippen LogP contribution in [0.25, 0.3) is 11.0 Å². The van der Waals surface area contributed by atoms with Crippen LogP contribution in [0.3, 0.4) is 0 Å². The Morgan fingerprint density at radius 3 is 2.81 bits per heavy atom. The Morgan fingerprint density at radius 1 is 1.26 bits per heavy atom. The van der Waals surface area contributed by atoms with E-state index in [0.29, 0.717) is 39.4 Å². The van der Waals surface area contributed by atoms with Crippen molar-refractivity contribution in [3.63, 3.8) is 0 Å². The number of hydrogen-bond donors (Lipinski definition) is 2. The highest BCUT2D eigenvalue weighted by Crippen LogP contribution is 2.26. The van der Waals surface area contributed by atoms with Crippen molar-refractivity contribution in [3.05, 3.63) is 74.6 Å². The Balaban J connectivity index is 1.86. The number of ether oxygens (including phenoxy) is 1. The van der Waals surface area contributed by atoms with Crippen molar-refractivity contribution in [3.8, 4) is 0 Å². The van der Waals surface area contributed by atoms with E-state index >= 15 is 0 Å². The first-order valence-corrected chi connectivity index (χ1v) is 8.71. The van der Waals surface area contributed by atoms with Gasteiger partial charge in [0.1, 0.15) is 12.2 Å². The van der Waals surface area contributed by atoms with Crippen molar-refractivity contribution >= 4 is 34.2 Å². The molecule has 0 spiro atoms. The number of aliphatic hydroxyl groups is 1. The number of nitrogens with one attached hydrogen (secondary N) is 1.